The molecule has 1 unspecified atom stereocenters. The van der Waals surface area contributed by atoms with Gasteiger partial charge in [0.1, 0.15) is 11.4 Å². The highest BCUT2D eigenvalue weighted by Crippen LogP contribution is 2.35. The van der Waals surface area contributed by atoms with Crippen molar-refractivity contribution in [3.8, 4) is 11.8 Å². The highest BCUT2D eigenvalue weighted by molar-refractivity contribution is 7.93. The first kappa shape index (κ1) is 22.6. The second-order valence-corrected chi connectivity index (χ2v) is 9.85. The molecule has 0 saturated carbocycles. The van der Waals surface area contributed by atoms with E-state index in [0.29, 0.717) is 5.56 Å². The first-order valence-corrected chi connectivity index (χ1v) is 10.5. The van der Waals surface area contributed by atoms with Gasteiger partial charge in [-0.05, 0) is 63.6 Å². The highest BCUT2D eigenvalue weighted by atomic mass is 32.2. The van der Waals surface area contributed by atoms with Gasteiger partial charge in [-0.1, -0.05) is 6.07 Å². The Labute approximate surface area is 171 Å². The van der Waals surface area contributed by atoms with E-state index >= 15 is 0 Å². The number of pyridine rings is 1. The summed E-state index contributed by atoms with van der Waals surface area (Å²) < 4.78 is 44.3. The van der Waals surface area contributed by atoms with Crippen LogP contribution in [0.2, 0.25) is 0 Å². The molecule has 0 saturated heterocycles. The van der Waals surface area contributed by atoms with Crippen LogP contribution in [0.4, 0.5) is 4.39 Å². The summed E-state index contributed by atoms with van der Waals surface area (Å²) in [5, 5.41) is 0. The van der Waals surface area contributed by atoms with Crippen LogP contribution in [0.1, 0.15) is 39.7 Å². The van der Waals surface area contributed by atoms with Crippen LogP contribution < -0.4 is 0 Å². The number of ether oxygens (including phenoxy) is 1. The van der Waals surface area contributed by atoms with Gasteiger partial charge in [0.2, 0.25) is 0 Å². The van der Waals surface area contributed by atoms with Crippen LogP contribution in [0.25, 0.3) is 0 Å². The molecule has 0 aliphatic carbocycles. The van der Waals surface area contributed by atoms with E-state index in [9.17, 15) is 17.6 Å². The minimum atomic E-state index is -4.29. The summed E-state index contributed by atoms with van der Waals surface area (Å²) in [5.41, 5.74) is -0.364. The maximum Gasteiger partial charge on any atom is 0.329 e. The van der Waals surface area contributed by atoms with Crippen LogP contribution in [0.15, 0.2) is 53.7 Å². The number of rotatable bonds is 6. The molecule has 1 aromatic heterocycles. The maximum atomic E-state index is 13.7. The standard InChI is InChI=1S/C22H24FNO4S/c1-5-6-13-22(20(25)28-21(2,3)4,15-17-8-7-14-24-16-17)29(26,27)19-11-9-18(23)10-12-19/h7-12,14,16H,13,15H2,1-4H3. The third kappa shape index (κ3) is 5.21. The maximum absolute atomic E-state index is 13.7. The predicted molar refractivity (Wildman–Crippen MR) is 108 cm³/mol. The van der Waals surface area contributed by atoms with E-state index in [-0.39, 0.29) is 17.7 Å². The van der Waals surface area contributed by atoms with Crippen LogP contribution >= 0.6 is 0 Å². The number of carbonyl (C=O) groups excluding carboxylic acids is 1. The summed E-state index contributed by atoms with van der Waals surface area (Å²) in [6.45, 7) is 6.55. The first-order valence-electron chi connectivity index (χ1n) is 9.04. The van der Waals surface area contributed by atoms with Gasteiger partial charge in [-0.15, -0.1) is 11.8 Å². The fraction of sp³-hybridized carbons (Fsp3) is 0.364. The van der Waals surface area contributed by atoms with Gasteiger partial charge in [0.15, 0.2) is 14.6 Å². The van der Waals surface area contributed by atoms with Gasteiger partial charge in [-0.2, -0.15) is 0 Å². The summed E-state index contributed by atoms with van der Waals surface area (Å²) in [6.07, 6.45) is 2.61. The summed E-state index contributed by atoms with van der Waals surface area (Å²) in [7, 11) is -4.29. The average Bonchev–Trinajstić information content (AvgIpc) is 2.64. The number of nitrogens with zero attached hydrogens (tertiary/aromatic N) is 1. The highest BCUT2D eigenvalue weighted by Gasteiger charge is 2.53. The number of halogens is 1. The van der Waals surface area contributed by atoms with E-state index in [0.717, 1.165) is 24.3 Å². The Balaban J connectivity index is 2.72. The van der Waals surface area contributed by atoms with E-state index in [2.05, 4.69) is 16.8 Å². The molecule has 0 amide bonds. The summed E-state index contributed by atoms with van der Waals surface area (Å²) in [4.78, 5) is 17.2. The summed E-state index contributed by atoms with van der Waals surface area (Å²) in [5.74, 6) is 3.92. The Morgan fingerprint density at radius 2 is 1.83 bits per heavy atom. The van der Waals surface area contributed by atoms with Crippen LogP contribution in [-0.4, -0.2) is 29.7 Å². The van der Waals surface area contributed by atoms with Crippen molar-refractivity contribution in [2.24, 2.45) is 0 Å². The number of sulfone groups is 1. The SMILES string of the molecule is CC#CCC(Cc1cccnc1)(C(=O)OC(C)(C)C)S(=O)(=O)c1ccc(F)cc1. The van der Waals surface area contributed by atoms with Gasteiger partial charge in [0.05, 0.1) is 4.90 Å². The Morgan fingerprint density at radius 1 is 1.17 bits per heavy atom. The molecule has 0 N–H and O–H groups in total. The molecule has 154 valence electrons. The number of carbonyl (C=O) groups is 1. The zero-order chi connectivity index (χ0) is 21.7. The van der Waals surface area contributed by atoms with Crippen molar-refractivity contribution in [1.29, 1.82) is 0 Å². The lowest BCUT2D eigenvalue weighted by molar-refractivity contribution is -0.158. The van der Waals surface area contributed by atoms with Crippen LogP contribution in [0.5, 0.6) is 0 Å². The first-order chi connectivity index (χ1) is 13.5. The van der Waals surface area contributed by atoms with Crippen LogP contribution in [0.3, 0.4) is 0 Å². The molecular weight excluding hydrogens is 393 g/mol. The normalized spacial score (nSPS) is 13.7. The predicted octanol–water partition coefficient (Wildman–Crippen LogP) is 3.73. The molecule has 1 heterocycles. The minimum Gasteiger partial charge on any atom is -0.459 e. The molecule has 0 aliphatic rings. The molecule has 1 atom stereocenters. The van der Waals surface area contributed by atoms with Crippen molar-refractivity contribution in [2.75, 3.05) is 0 Å². The van der Waals surface area contributed by atoms with Crippen LogP contribution in [-0.2, 0) is 25.8 Å². The van der Waals surface area contributed by atoms with Gasteiger partial charge in [-0.3, -0.25) is 9.78 Å². The van der Waals surface area contributed by atoms with Crippen molar-refractivity contribution in [3.63, 3.8) is 0 Å². The second kappa shape index (κ2) is 8.75. The fourth-order valence-electron chi connectivity index (χ4n) is 2.78. The van der Waals surface area contributed by atoms with Gasteiger partial charge < -0.3 is 4.74 Å². The average molecular weight is 418 g/mol. The quantitative estimate of drug-likeness (QED) is 0.407. The van der Waals surface area contributed by atoms with Crippen molar-refractivity contribution in [3.05, 3.63) is 60.2 Å². The molecule has 7 heteroatoms. The number of esters is 1. The number of hydrogen-bond donors (Lipinski definition) is 0. The van der Waals surface area contributed by atoms with Crippen molar-refractivity contribution < 1.29 is 22.3 Å². The van der Waals surface area contributed by atoms with Gasteiger partial charge in [-0.25, -0.2) is 12.8 Å². The van der Waals surface area contributed by atoms with E-state index in [1.807, 2.05) is 0 Å². The molecule has 0 aliphatic heterocycles. The van der Waals surface area contributed by atoms with Crippen LogP contribution in [0, 0.1) is 17.7 Å². The molecule has 0 fully saturated rings. The van der Waals surface area contributed by atoms with Gasteiger partial charge in [0.25, 0.3) is 0 Å². The molecule has 2 aromatic rings. The van der Waals surface area contributed by atoms with Crippen molar-refractivity contribution in [2.45, 2.75) is 55.8 Å². The number of hydrogen-bond acceptors (Lipinski definition) is 5. The minimum absolute atomic E-state index is 0.174. The Hall–Kier alpha value is -2.72. The third-order valence-corrected chi connectivity index (χ3v) is 6.55. The Kier molecular flexibility index (Phi) is 6.81. The van der Waals surface area contributed by atoms with E-state index in [1.165, 1.54) is 6.20 Å². The van der Waals surface area contributed by atoms with Gasteiger partial charge in [0, 0.05) is 25.2 Å². The summed E-state index contributed by atoms with van der Waals surface area (Å²) in [6, 6.07) is 7.72. The monoisotopic (exact) mass is 417 g/mol. The van der Waals surface area contributed by atoms with Crippen molar-refractivity contribution in [1.82, 2.24) is 4.98 Å². The lowest BCUT2D eigenvalue weighted by Gasteiger charge is -2.33. The Morgan fingerprint density at radius 3 is 2.34 bits per heavy atom. The van der Waals surface area contributed by atoms with E-state index in [1.54, 1.807) is 46.0 Å². The Bertz CT molecular complexity index is 1020. The molecule has 0 radical (unpaired) electrons. The molecule has 1 aromatic carbocycles. The molecule has 29 heavy (non-hydrogen) atoms. The molecule has 2 rings (SSSR count). The molecule has 0 spiro atoms. The smallest absolute Gasteiger partial charge is 0.329 e. The zero-order valence-electron chi connectivity index (χ0n) is 16.9. The van der Waals surface area contributed by atoms with Crippen molar-refractivity contribution >= 4 is 15.8 Å². The second-order valence-electron chi connectivity index (χ2n) is 7.60. The van der Waals surface area contributed by atoms with E-state index in [4.69, 9.17) is 4.74 Å². The zero-order valence-corrected chi connectivity index (χ0v) is 17.7. The molecule has 0 bridgehead atoms. The third-order valence-electron chi connectivity index (χ3n) is 4.17. The van der Waals surface area contributed by atoms with E-state index < -0.39 is 32.0 Å². The summed E-state index contributed by atoms with van der Waals surface area (Å²) >= 11 is 0. The lowest BCUT2D eigenvalue weighted by atomic mass is 9.95. The largest absolute Gasteiger partial charge is 0.459 e. The molecule has 5 nitrogen and oxygen atoms in total. The number of benzene rings is 1. The topological polar surface area (TPSA) is 73.3 Å². The fourth-order valence-corrected chi connectivity index (χ4v) is 4.61. The van der Waals surface area contributed by atoms with Gasteiger partial charge >= 0.3 is 5.97 Å². The number of aromatic nitrogens is 1. The molecular formula is C22H24FNO4S. The lowest BCUT2D eigenvalue weighted by Crippen LogP contribution is -2.51.